The molecule has 0 spiro atoms. The standard InChI is InChI=1S/C13H26Cl2Si4/c1-16(2,14)18(5,6)19(7,17(3,4)15)13-11-9-8-10-12-13/h8-12H,1-7H3. The highest BCUT2D eigenvalue weighted by molar-refractivity contribution is 7.94. The Hall–Kier alpha value is 0.668. The van der Waals surface area contributed by atoms with E-state index in [9.17, 15) is 0 Å². The van der Waals surface area contributed by atoms with E-state index < -0.39 is 28.0 Å². The monoisotopic (exact) mass is 364 g/mol. The van der Waals surface area contributed by atoms with Crippen molar-refractivity contribution in [1.82, 2.24) is 0 Å². The predicted octanol–water partition coefficient (Wildman–Crippen LogP) is 4.80. The van der Waals surface area contributed by atoms with Crippen molar-refractivity contribution in [3.8, 4) is 0 Å². The summed E-state index contributed by atoms with van der Waals surface area (Å²) in [6.07, 6.45) is 0. The Bertz CT molecular complexity index is 434. The van der Waals surface area contributed by atoms with Crippen LogP contribution in [0, 0.1) is 0 Å². The SMILES string of the molecule is C[Si](C)(Cl)[Si](C)(C)[Si](C)(c1ccccc1)[Si](C)(C)Cl. The van der Waals surface area contributed by atoms with Crippen LogP contribution in [0.1, 0.15) is 0 Å². The molecule has 0 N–H and O–H groups in total. The highest BCUT2D eigenvalue weighted by atomic mass is 35.6. The summed E-state index contributed by atoms with van der Waals surface area (Å²) in [5.74, 6) is 0. The van der Waals surface area contributed by atoms with Gasteiger partial charge in [0.05, 0.1) is 14.2 Å². The maximum absolute atomic E-state index is 7.06. The summed E-state index contributed by atoms with van der Waals surface area (Å²) in [5, 5.41) is 1.53. The summed E-state index contributed by atoms with van der Waals surface area (Å²) in [6.45, 7) is 13.4. The summed E-state index contributed by atoms with van der Waals surface area (Å²) < 4.78 is 0. The van der Waals surface area contributed by atoms with Crippen molar-refractivity contribution in [1.29, 1.82) is 0 Å². The van der Waals surface area contributed by atoms with Gasteiger partial charge in [-0.05, 0) is 0 Å². The molecule has 0 aromatic heterocycles. The van der Waals surface area contributed by atoms with E-state index in [0.717, 1.165) is 0 Å². The maximum Gasteiger partial charge on any atom is 0.143 e. The quantitative estimate of drug-likeness (QED) is 0.531. The third-order valence-corrected chi connectivity index (χ3v) is 74.0. The molecule has 108 valence electrons. The van der Waals surface area contributed by atoms with Gasteiger partial charge >= 0.3 is 0 Å². The molecule has 0 amide bonds. The fourth-order valence-electron chi connectivity index (χ4n) is 2.81. The molecule has 0 saturated carbocycles. The van der Waals surface area contributed by atoms with Crippen molar-refractivity contribution >= 4 is 55.4 Å². The first kappa shape index (κ1) is 17.7. The molecular weight excluding hydrogens is 339 g/mol. The Morgan fingerprint density at radius 3 is 1.42 bits per heavy atom. The fraction of sp³-hybridized carbons (Fsp3) is 0.538. The second-order valence-electron chi connectivity index (χ2n) is 7.06. The van der Waals surface area contributed by atoms with E-state index in [1.54, 1.807) is 0 Å². The lowest BCUT2D eigenvalue weighted by Gasteiger charge is -2.52. The minimum absolute atomic E-state index is 1.53. The minimum Gasteiger partial charge on any atom is -0.171 e. The molecule has 0 fully saturated rings. The van der Waals surface area contributed by atoms with Crippen molar-refractivity contribution < 1.29 is 0 Å². The van der Waals surface area contributed by atoms with Crippen LogP contribution in [-0.4, -0.2) is 28.0 Å². The highest BCUT2D eigenvalue weighted by Gasteiger charge is 2.62. The third kappa shape index (κ3) is 2.99. The van der Waals surface area contributed by atoms with Gasteiger partial charge in [0.25, 0.3) is 0 Å². The van der Waals surface area contributed by atoms with Crippen LogP contribution in [0.2, 0.25) is 45.8 Å². The number of benzene rings is 1. The second kappa shape index (κ2) is 5.46. The minimum atomic E-state index is -1.77. The molecule has 1 rings (SSSR count). The first-order valence-corrected chi connectivity index (χ1v) is 23.3. The van der Waals surface area contributed by atoms with Gasteiger partial charge in [0.2, 0.25) is 0 Å². The van der Waals surface area contributed by atoms with Crippen molar-refractivity contribution in [2.75, 3.05) is 0 Å². The van der Waals surface area contributed by atoms with Crippen LogP contribution in [0.25, 0.3) is 0 Å². The lowest BCUT2D eigenvalue weighted by atomic mass is 10.4. The normalized spacial score (nSPS) is 17.1. The van der Waals surface area contributed by atoms with Gasteiger partial charge in [-0.3, -0.25) is 0 Å². The fourth-order valence-corrected chi connectivity index (χ4v) is 80.0. The zero-order valence-corrected chi connectivity index (χ0v) is 18.7. The first-order chi connectivity index (χ1) is 8.36. The smallest absolute Gasteiger partial charge is 0.143 e. The molecule has 0 aliphatic carbocycles. The van der Waals surface area contributed by atoms with E-state index >= 15 is 0 Å². The van der Waals surface area contributed by atoms with E-state index in [1.165, 1.54) is 5.19 Å². The van der Waals surface area contributed by atoms with Gasteiger partial charge in [0.1, 0.15) is 13.8 Å². The van der Waals surface area contributed by atoms with Crippen LogP contribution >= 0.6 is 22.2 Å². The molecule has 0 heterocycles. The van der Waals surface area contributed by atoms with Crippen LogP contribution in [0.3, 0.4) is 0 Å². The number of halogens is 2. The molecule has 0 saturated heterocycles. The van der Waals surface area contributed by atoms with E-state index in [2.05, 4.69) is 76.2 Å². The lowest BCUT2D eigenvalue weighted by molar-refractivity contribution is 1.73. The molecule has 0 bridgehead atoms. The summed E-state index contributed by atoms with van der Waals surface area (Å²) in [7, 11) is -3.28. The van der Waals surface area contributed by atoms with Crippen molar-refractivity contribution in [3.05, 3.63) is 30.3 Å². The van der Waals surface area contributed by atoms with Crippen molar-refractivity contribution in [2.45, 2.75) is 45.8 Å². The summed E-state index contributed by atoms with van der Waals surface area (Å²) in [6, 6.07) is 11.0. The second-order valence-corrected chi connectivity index (χ2v) is 50.6. The van der Waals surface area contributed by atoms with Crippen LogP contribution in [0.4, 0.5) is 0 Å². The molecule has 1 aromatic carbocycles. The van der Waals surface area contributed by atoms with Crippen LogP contribution in [0.5, 0.6) is 0 Å². The summed E-state index contributed by atoms with van der Waals surface area (Å²) >= 11 is 14.0. The molecule has 0 aliphatic heterocycles. The maximum atomic E-state index is 7.06. The Labute approximate surface area is 131 Å². The summed E-state index contributed by atoms with van der Waals surface area (Å²) in [5.41, 5.74) is 0. The van der Waals surface area contributed by atoms with Crippen LogP contribution in [-0.2, 0) is 0 Å². The molecule has 6 heteroatoms. The van der Waals surface area contributed by atoms with E-state index in [0.29, 0.717) is 0 Å². The van der Waals surface area contributed by atoms with Gasteiger partial charge in [-0.1, -0.05) is 81.3 Å². The van der Waals surface area contributed by atoms with E-state index in [1.807, 2.05) is 0 Å². The number of rotatable bonds is 4. The zero-order chi connectivity index (χ0) is 15.1. The van der Waals surface area contributed by atoms with Gasteiger partial charge in [0, 0.05) is 0 Å². The van der Waals surface area contributed by atoms with Gasteiger partial charge in [-0.25, -0.2) is 0 Å². The Balaban J connectivity index is 3.57. The Morgan fingerprint density at radius 2 is 1.11 bits per heavy atom. The van der Waals surface area contributed by atoms with Gasteiger partial charge in [-0.15, -0.1) is 0 Å². The molecular formula is C13H26Cl2Si4. The third-order valence-electron chi connectivity index (χ3n) is 5.28. The number of hydrogen-bond donors (Lipinski definition) is 0. The Kier molecular flexibility index (Phi) is 5.09. The number of hydrogen-bond acceptors (Lipinski definition) is 0. The predicted molar refractivity (Wildman–Crippen MR) is 102 cm³/mol. The van der Waals surface area contributed by atoms with E-state index in [4.69, 9.17) is 22.2 Å². The van der Waals surface area contributed by atoms with Crippen LogP contribution < -0.4 is 5.19 Å². The highest BCUT2D eigenvalue weighted by Crippen LogP contribution is 2.38. The molecule has 1 aromatic rings. The average Bonchev–Trinajstić information content (AvgIpc) is 2.25. The van der Waals surface area contributed by atoms with Crippen molar-refractivity contribution in [3.63, 3.8) is 0 Å². The molecule has 19 heavy (non-hydrogen) atoms. The Morgan fingerprint density at radius 1 is 0.684 bits per heavy atom. The zero-order valence-electron chi connectivity index (χ0n) is 13.1. The molecule has 1 atom stereocenters. The van der Waals surface area contributed by atoms with Crippen molar-refractivity contribution in [2.24, 2.45) is 0 Å². The topological polar surface area (TPSA) is 0 Å². The molecule has 1 unspecified atom stereocenters. The largest absolute Gasteiger partial charge is 0.171 e. The van der Waals surface area contributed by atoms with Gasteiger partial charge in [0.15, 0.2) is 0 Å². The summed E-state index contributed by atoms with van der Waals surface area (Å²) in [4.78, 5) is 0. The van der Waals surface area contributed by atoms with Gasteiger partial charge in [-0.2, -0.15) is 22.2 Å². The first-order valence-electron chi connectivity index (χ1n) is 6.79. The van der Waals surface area contributed by atoms with Crippen LogP contribution in [0.15, 0.2) is 30.3 Å². The average molecular weight is 366 g/mol. The van der Waals surface area contributed by atoms with E-state index in [-0.39, 0.29) is 0 Å². The molecule has 0 radical (unpaired) electrons. The van der Waals surface area contributed by atoms with Gasteiger partial charge < -0.3 is 0 Å². The lowest BCUT2D eigenvalue weighted by Crippen LogP contribution is -2.82. The molecule has 0 nitrogen and oxygen atoms in total. The molecule has 0 aliphatic rings.